The second-order valence-corrected chi connectivity index (χ2v) is 4.85. The molecule has 0 saturated heterocycles. The second kappa shape index (κ2) is 4.82. The molecule has 0 spiro atoms. The van der Waals surface area contributed by atoms with E-state index in [4.69, 9.17) is 0 Å². The van der Waals surface area contributed by atoms with Crippen molar-refractivity contribution in [3.63, 3.8) is 0 Å². The van der Waals surface area contributed by atoms with Gasteiger partial charge >= 0.3 is 0 Å². The third-order valence-electron chi connectivity index (χ3n) is 3.87. The summed E-state index contributed by atoms with van der Waals surface area (Å²) in [4.78, 5) is 23.6. The van der Waals surface area contributed by atoms with Gasteiger partial charge in [0.15, 0.2) is 0 Å². The predicted octanol–water partition coefficient (Wildman–Crippen LogP) is 2.97. The molecule has 0 radical (unpaired) electrons. The van der Waals surface area contributed by atoms with Gasteiger partial charge in [-0.1, -0.05) is 44.2 Å². The van der Waals surface area contributed by atoms with Crippen molar-refractivity contribution in [1.82, 2.24) is 0 Å². The molecular weight excluding hydrogens is 212 g/mol. The van der Waals surface area contributed by atoms with Crippen LogP contribution in [-0.4, -0.2) is 11.6 Å². The average molecular weight is 230 g/mol. The molecule has 2 heteroatoms. The fraction of sp³-hybridized carbons (Fsp3) is 0.467. The van der Waals surface area contributed by atoms with Gasteiger partial charge in [0.05, 0.1) is 6.42 Å². The number of carbonyl (C=O) groups excluding carboxylic acids is 2. The van der Waals surface area contributed by atoms with E-state index in [2.05, 4.69) is 19.1 Å². The van der Waals surface area contributed by atoms with Gasteiger partial charge in [-0.2, -0.15) is 0 Å². The number of Topliss-reactive ketones (excluding diaryl/α,β-unsaturated/α-hetero) is 2. The Balaban J connectivity index is 2.31. The van der Waals surface area contributed by atoms with Gasteiger partial charge in [-0.25, -0.2) is 0 Å². The van der Waals surface area contributed by atoms with Crippen LogP contribution in [0.5, 0.6) is 0 Å². The SMILES string of the molecule is CCC(c1ccccc1)C1C(=O)CC(=O)C1C. The minimum absolute atomic E-state index is 0.106. The van der Waals surface area contributed by atoms with E-state index in [1.165, 1.54) is 5.56 Å². The largest absolute Gasteiger partial charge is 0.299 e. The van der Waals surface area contributed by atoms with Gasteiger partial charge in [0.1, 0.15) is 11.6 Å². The molecule has 1 aromatic rings. The first kappa shape index (κ1) is 12.0. The highest BCUT2D eigenvalue weighted by molar-refractivity contribution is 6.08. The summed E-state index contributed by atoms with van der Waals surface area (Å²) < 4.78 is 0. The summed E-state index contributed by atoms with van der Waals surface area (Å²) in [5.74, 6) is 0.181. The lowest BCUT2D eigenvalue weighted by atomic mass is 9.78. The molecule has 1 fully saturated rings. The van der Waals surface area contributed by atoms with Crippen molar-refractivity contribution in [1.29, 1.82) is 0 Å². The molecule has 1 aliphatic carbocycles. The second-order valence-electron chi connectivity index (χ2n) is 4.85. The molecule has 17 heavy (non-hydrogen) atoms. The van der Waals surface area contributed by atoms with Crippen LogP contribution in [0.15, 0.2) is 30.3 Å². The fourth-order valence-corrected chi connectivity index (χ4v) is 2.90. The van der Waals surface area contributed by atoms with E-state index in [-0.39, 0.29) is 35.7 Å². The molecule has 1 aromatic carbocycles. The number of ketones is 2. The van der Waals surface area contributed by atoms with Gasteiger partial charge in [-0.3, -0.25) is 9.59 Å². The van der Waals surface area contributed by atoms with Crippen molar-refractivity contribution >= 4 is 11.6 Å². The Morgan fingerprint density at radius 1 is 1.18 bits per heavy atom. The summed E-state index contributed by atoms with van der Waals surface area (Å²) in [6.07, 6.45) is 1.03. The standard InChI is InChI=1S/C15H18O2/c1-3-12(11-7-5-4-6-8-11)15-10(2)13(16)9-14(15)17/h4-8,10,12,15H,3,9H2,1-2H3. The molecule has 2 nitrogen and oxygen atoms in total. The molecule has 0 aromatic heterocycles. The number of hydrogen-bond donors (Lipinski definition) is 0. The molecule has 0 N–H and O–H groups in total. The van der Waals surface area contributed by atoms with Crippen molar-refractivity contribution in [3.8, 4) is 0 Å². The van der Waals surface area contributed by atoms with Gasteiger partial charge < -0.3 is 0 Å². The summed E-state index contributed by atoms with van der Waals surface area (Å²) >= 11 is 0. The molecule has 0 heterocycles. The van der Waals surface area contributed by atoms with Crippen molar-refractivity contribution in [2.45, 2.75) is 32.6 Å². The van der Waals surface area contributed by atoms with Crippen LogP contribution in [0.4, 0.5) is 0 Å². The summed E-state index contributed by atoms with van der Waals surface area (Å²) in [5.41, 5.74) is 1.18. The zero-order valence-electron chi connectivity index (χ0n) is 10.3. The maximum atomic E-state index is 11.9. The van der Waals surface area contributed by atoms with Crippen LogP contribution in [0.25, 0.3) is 0 Å². The lowest BCUT2D eigenvalue weighted by molar-refractivity contribution is -0.123. The summed E-state index contributed by atoms with van der Waals surface area (Å²) in [6.45, 7) is 3.98. The molecule has 1 aliphatic rings. The lowest BCUT2D eigenvalue weighted by Gasteiger charge is -2.24. The Morgan fingerprint density at radius 2 is 1.82 bits per heavy atom. The summed E-state index contributed by atoms with van der Waals surface area (Å²) in [7, 11) is 0. The summed E-state index contributed by atoms with van der Waals surface area (Å²) in [6, 6.07) is 10.1. The minimum Gasteiger partial charge on any atom is -0.299 e. The Hall–Kier alpha value is -1.44. The van der Waals surface area contributed by atoms with Gasteiger partial charge in [0.25, 0.3) is 0 Å². The van der Waals surface area contributed by atoms with Crippen molar-refractivity contribution in [3.05, 3.63) is 35.9 Å². The van der Waals surface area contributed by atoms with E-state index >= 15 is 0 Å². The average Bonchev–Trinajstić information content (AvgIpc) is 2.58. The van der Waals surface area contributed by atoms with Gasteiger partial charge in [-0.05, 0) is 17.9 Å². The van der Waals surface area contributed by atoms with Crippen molar-refractivity contribution < 1.29 is 9.59 Å². The van der Waals surface area contributed by atoms with Gasteiger partial charge in [-0.15, -0.1) is 0 Å². The quantitative estimate of drug-likeness (QED) is 0.748. The predicted molar refractivity (Wildman–Crippen MR) is 66.8 cm³/mol. The van der Waals surface area contributed by atoms with Crippen molar-refractivity contribution in [2.24, 2.45) is 11.8 Å². The van der Waals surface area contributed by atoms with E-state index in [1.807, 2.05) is 25.1 Å². The Morgan fingerprint density at radius 3 is 2.29 bits per heavy atom. The Labute approximate surface area is 102 Å². The van der Waals surface area contributed by atoms with E-state index in [9.17, 15) is 9.59 Å². The number of hydrogen-bond acceptors (Lipinski definition) is 2. The Kier molecular flexibility index (Phi) is 3.41. The first-order valence-corrected chi connectivity index (χ1v) is 6.25. The molecule has 2 rings (SSSR count). The van der Waals surface area contributed by atoms with Crippen LogP contribution in [0.3, 0.4) is 0 Å². The number of carbonyl (C=O) groups is 2. The fourth-order valence-electron chi connectivity index (χ4n) is 2.90. The molecule has 0 aliphatic heterocycles. The third-order valence-corrected chi connectivity index (χ3v) is 3.87. The highest BCUT2D eigenvalue weighted by Gasteiger charge is 2.42. The van der Waals surface area contributed by atoms with Crippen LogP contribution < -0.4 is 0 Å². The zero-order valence-corrected chi connectivity index (χ0v) is 10.3. The van der Waals surface area contributed by atoms with E-state index in [1.54, 1.807) is 0 Å². The van der Waals surface area contributed by atoms with Gasteiger partial charge in [0.2, 0.25) is 0 Å². The molecule has 3 atom stereocenters. The van der Waals surface area contributed by atoms with Gasteiger partial charge in [0, 0.05) is 11.8 Å². The number of benzene rings is 1. The number of rotatable bonds is 3. The molecule has 0 bridgehead atoms. The monoisotopic (exact) mass is 230 g/mol. The summed E-state index contributed by atoms with van der Waals surface area (Å²) in [5, 5.41) is 0. The first-order chi connectivity index (χ1) is 8.15. The zero-order chi connectivity index (χ0) is 12.4. The maximum absolute atomic E-state index is 11.9. The van der Waals surface area contributed by atoms with E-state index in [0.29, 0.717) is 0 Å². The first-order valence-electron chi connectivity index (χ1n) is 6.25. The molecule has 3 unspecified atom stereocenters. The smallest absolute Gasteiger partial charge is 0.144 e. The van der Waals surface area contributed by atoms with E-state index < -0.39 is 0 Å². The molecule has 90 valence electrons. The van der Waals surface area contributed by atoms with Crippen LogP contribution >= 0.6 is 0 Å². The highest BCUT2D eigenvalue weighted by Crippen LogP contribution is 2.39. The van der Waals surface area contributed by atoms with Crippen molar-refractivity contribution in [2.75, 3.05) is 0 Å². The normalized spacial score (nSPS) is 26.2. The Bertz CT molecular complexity index is 422. The van der Waals surface area contributed by atoms with E-state index in [0.717, 1.165) is 6.42 Å². The van der Waals surface area contributed by atoms with Crippen LogP contribution in [0.1, 0.15) is 38.2 Å². The van der Waals surface area contributed by atoms with Crippen LogP contribution in [0.2, 0.25) is 0 Å². The maximum Gasteiger partial charge on any atom is 0.144 e. The molecular formula is C15H18O2. The highest BCUT2D eigenvalue weighted by atomic mass is 16.2. The topological polar surface area (TPSA) is 34.1 Å². The van der Waals surface area contributed by atoms with Crippen LogP contribution in [0, 0.1) is 11.8 Å². The van der Waals surface area contributed by atoms with Crippen LogP contribution in [-0.2, 0) is 9.59 Å². The lowest BCUT2D eigenvalue weighted by Crippen LogP contribution is -2.22. The minimum atomic E-state index is -0.118. The molecule has 0 amide bonds. The third kappa shape index (κ3) is 2.17. The molecule has 1 saturated carbocycles.